The number of para-hydroxylation sites is 1. The van der Waals surface area contributed by atoms with E-state index < -0.39 is 8.07 Å². The van der Waals surface area contributed by atoms with Crippen molar-refractivity contribution in [3.63, 3.8) is 0 Å². The predicted octanol–water partition coefficient (Wildman–Crippen LogP) is 8.88. The third kappa shape index (κ3) is 3.56. The molecule has 1 nitrogen and oxygen atoms in total. The van der Waals surface area contributed by atoms with Gasteiger partial charge in [-0.3, -0.25) is 0 Å². The fourth-order valence-electron chi connectivity index (χ4n) is 9.30. The van der Waals surface area contributed by atoms with Gasteiger partial charge in [-0.25, -0.2) is 0 Å². The van der Waals surface area contributed by atoms with E-state index in [1.165, 1.54) is 82.0 Å². The number of nitrogens with zero attached hydrogens (tertiary/aromatic N) is 1. The van der Waals surface area contributed by atoms with Crippen molar-refractivity contribution in [2.45, 2.75) is 25.7 Å². The molecule has 0 N–H and O–H groups in total. The highest BCUT2D eigenvalue weighted by molar-refractivity contribution is 7.21. The fourth-order valence-corrected chi connectivity index (χ4v) is 14.7. The van der Waals surface area contributed by atoms with Gasteiger partial charge in [0.15, 0.2) is 8.07 Å². The van der Waals surface area contributed by atoms with Crippen LogP contribution in [0.5, 0.6) is 0 Å². The summed E-state index contributed by atoms with van der Waals surface area (Å²) in [5.41, 5.74) is 12.1. The molecule has 10 rings (SSSR count). The molecule has 228 valence electrons. The number of rotatable bonds is 3. The van der Waals surface area contributed by atoms with Crippen LogP contribution in [0.15, 0.2) is 158 Å². The first-order chi connectivity index (χ1) is 23.6. The highest BCUT2D eigenvalue weighted by atomic mass is 28.3. The van der Waals surface area contributed by atoms with E-state index in [1.54, 1.807) is 0 Å². The first-order valence-corrected chi connectivity index (χ1v) is 19.1. The summed E-state index contributed by atoms with van der Waals surface area (Å²) in [5, 5.41) is 8.54. The van der Waals surface area contributed by atoms with Crippen molar-refractivity contribution in [1.82, 2.24) is 0 Å². The zero-order valence-electron chi connectivity index (χ0n) is 27.2. The van der Waals surface area contributed by atoms with Crippen LogP contribution >= 0.6 is 0 Å². The van der Waals surface area contributed by atoms with Crippen molar-refractivity contribution in [2.75, 3.05) is 4.90 Å². The second-order valence-electron chi connectivity index (χ2n) is 14.0. The van der Waals surface area contributed by atoms with Crippen LogP contribution in [0.1, 0.15) is 36.1 Å². The van der Waals surface area contributed by atoms with Crippen LogP contribution in [0, 0.1) is 0 Å². The molecule has 0 spiro atoms. The summed E-state index contributed by atoms with van der Waals surface area (Å²) in [6, 6.07) is 57.6. The SMILES string of the molecule is CC1(C)c2ccccc2-c2ccc(N3c4ccccc4[Si](c4ccccc4)(c4ccccc4)c4c3cc3cccc5c3c4CC=C5)cc21. The maximum atomic E-state index is 2.60. The summed E-state index contributed by atoms with van der Waals surface area (Å²) < 4.78 is 0. The highest BCUT2D eigenvalue weighted by Crippen LogP contribution is 2.51. The summed E-state index contributed by atoms with van der Waals surface area (Å²) in [5.74, 6) is 0. The third-order valence-corrected chi connectivity index (χ3v) is 16.2. The predicted molar refractivity (Wildman–Crippen MR) is 206 cm³/mol. The van der Waals surface area contributed by atoms with Crippen LogP contribution in [0.4, 0.5) is 17.1 Å². The van der Waals surface area contributed by atoms with E-state index in [4.69, 9.17) is 0 Å². The average molecular weight is 630 g/mol. The van der Waals surface area contributed by atoms with Crippen LogP contribution in [-0.2, 0) is 11.8 Å². The smallest absolute Gasteiger partial charge is 0.184 e. The van der Waals surface area contributed by atoms with Crippen LogP contribution in [0.3, 0.4) is 0 Å². The Labute approximate surface area is 283 Å². The van der Waals surface area contributed by atoms with E-state index in [2.05, 4.69) is 183 Å². The minimum absolute atomic E-state index is 0.0816. The first kappa shape index (κ1) is 27.6. The van der Waals surface area contributed by atoms with E-state index >= 15 is 0 Å². The van der Waals surface area contributed by atoms with Crippen molar-refractivity contribution in [2.24, 2.45) is 0 Å². The monoisotopic (exact) mass is 629 g/mol. The summed E-state index contributed by atoms with van der Waals surface area (Å²) in [6.45, 7) is 4.77. The second-order valence-corrected chi connectivity index (χ2v) is 17.7. The molecular weight excluding hydrogens is 595 g/mol. The van der Waals surface area contributed by atoms with Crippen molar-refractivity contribution < 1.29 is 0 Å². The van der Waals surface area contributed by atoms with Gasteiger partial charge < -0.3 is 4.90 Å². The Morgan fingerprint density at radius 1 is 0.583 bits per heavy atom. The number of allylic oxidation sites excluding steroid dienone is 1. The largest absolute Gasteiger partial charge is 0.311 e. The normalized spacial score (nSPS) is 15.8. The fraction of sp³-hybridized carbons (Fsp3) is 0.0870. The second kappa shape index (κ2) is 10.0. The molecule has 0 aromatic heterocycles. The zero-order valence-corrected chi connectivity index (χ0v) is 28.2. The van der Waals surface area contributed by atoms with E-state index in [9.17, 15) is 0 Å². The molecule has 0 unspecified atom stereocenters. The number of fused-ring (bicyclic) bond motifs is 6. The Bertz CT molecular complexity index is 2420. The summed E-state index contributed by atoms with van der Waals surface area (Å²) in [4.78, 5) is 2.60. The zero-order chi connectivity index (χ0) is 32.0. The number of benzene rings is 7. The molecule has 0 saturated carbocycles. The molecule has 2 heteroatoms. The number of anilines is 3. The van der Waals surface area contributed by atoms with Gasteiger partial charge in [-0.05, 0) is 95.6 Å². The molecule has 0 saturated heterocycles. The van der Waals surface area contributed by atoms with Crippen LogP contribution in [0.25, 0.3) is 28.0 Å². The summed E-state index contributed by atoms with van der Waals surface area (Å²) in [6.07, 6.45) is 5.63. The lowest BCUT2D eigenvalue weighted by molar-refractivity contribution is 0.660. The summed E-state index contributed by atoms with van der Waals surface area (Å²) in [7, 11) is -2.80. The molecule has 1 aliphatic heterocycles. The molecule has 2 aliphatic carbocycles. The molecule has 1 heterocycles. The quantitative estimate of drug-likeness (QED) is 0.177. The Hall–Kier alpha value is -5.44. The Morgan fingerprint density at radius 2 is 1.27 bits per heavy atom. The first-order valence-electron chi connectivity index (χ1n) is 17.1. The summed E-state index contributed by atoms with van der Waals surface area (Å²) >= 11 is 0. The van der Waals surface area contributed by atoms with Crippen molar-refractivity contribution >= 4 is 62.7 Å². The van der Waals surface area contributed by atoms with Gasteiger partial charge in [0.25, 0.3) is 0 Å². The lowest BCUT2D eigenvalue weighted by Gasteiger charge is -2.46. The van der Waals surface area contributed by atoms with E-state index in [0.717, 1.165) is 6.42 Å². The third-order valence-electron chi connectivity index (χ3n) is 11.3. The van der Waals surface area contributed by atoms with Crippen molar-refractivity contribution in [1.29, 1.82) is 0 Å². The minimum Gasteiger partial charge on any atom is -0.311 e. The molecule has 0 bridgehead atoms. The lowest BCUT2D eigenvalue weighted by atomic mass is 9.82. The molecule has 0 fully saturated rings. The van der Waals surface area contributed by atoms with Gasteiger partial charge in [0.2, 0.25) is 0 Å². The molecule has 0 amide bonds. The molecule has 7 aromatic rings. The van der Waals surface area contributed by atoms with Gasteiger partial charge in [0, 0.05) is 22.5 Å². The number of hydrogen-bond donors (Lipinski definition) is 0. The Morgan fingerprint density at radius 3 is 2.06 bits per heavy atom. The molecule has 3 aliphatic rings. The minimum atomic E-state index is -2.80. The van der Waals surface area contributed by atoms with Crippen LogP contribution < -0.4 is 25.6 Å². The maximum absolute atomic E-state index is 2.80. The molecule has 7 aromatic carbocycles. The standard InChI is InChI=1S/C46H35NSi/c1-46(2)39-24-10-9-22-36(39)37-28-27-33(30-40(37)46)47-41-25-11-12-26-43(41)48(34-18-5-3-6-19-34,35-20-7-4-8-21-35)45-38-23-14-16-31-15-13-17-32(44(31)38)29-42(45)47/h3-22,24-30H,23H2,1-2H3. The van der Waals surface area contributed by atoms with Gasteiger partial charge in [0.1, 0.15) is 0 Å². The van der Waals surface area contributed by atoms with E-state index in [-0.39, 0.29) is 5.41 Å². The maximum Gasteiger partial charge on any atom is 0.184 e. The van der Waals surface area contributed by atoms with Gasteiger partial charge in [-0.15, -0.1) is 0 Å². The van der Waals surface area contributed by atoms with Crippen LogP contribution in [0.2, 0.25) is 0 Å². The Kier molecular flexibility index (Phi) is 5.78. The molecule has 0 radical (unpaired) electrons. The van der Waals surface area contributed by atoms with Gasteiger partial charge in [0.05, 0.1) is 0 Å². The molecular formula is C46H35NSi. The van der Waals surface area contributed by atoms with E-state index in [1.807, 2.05) is 0 Å². The van der Waals surface area contributed by atoms with Crippen molar-refractivity contribution in [3.8, 4) is 11.1 Å². The Balaban J connectivity index is 1.36. The van der Waals surface area contributed by atoms with Crippen molar-refractivity contribution in [3.05, 3.63) is 180 Å². The van der Waals surface area contributed by atoms with E-state index in [0.29, 0.717) is 0 Å². The van der Waals surface area contributed by atoms with Gasteiger partial charge in [-0.1, -0.05) is 153 Å². The topological polar surface area (TPSA) is 3.24 Å². The molecule has 48 heavy (non-hydrogen) atoms. The number of hydrogen-bond acceptors (Lipinski definition) is 1. The van der Waals surface area contributed by atoms with Gasteiger partial charge in [-0.2, -0.15) is 0 Å². The van der Waals surface area contributed by atoms with Crippen LogP contribution in [-0.4, -0.2) is 8.07 Å². The lowest BCUT2D eigenvalue weighted by Crippen LogP contribution is -2.77. The van der Waals surface area contributed by atoms with Gasteiger partial charge >= 0.3 is 0 Å². The highest BCUT2D eigenvalue weighted by Gasteiger charge is 2.50. The average Bonchev–Trinajstić information content (AvgIpc) is 3.37. The molecule has 0 atom stereocenters.